The van der Waals surface area contributed by atoms with Gasteiger partial charge in [0, 0.05) is 0 Å². The molecule has 0 heterocycles. The predicted molar refractivity (Wildman–Crippen MR) is 98.9 cm³/mol. The second-order valence-corrected chi connectivity index (χ2v) is 5.74. The Labute approximate surface area is 158 Å². The van der Waals surface area contributed by atoms with Gasteiger partial charge in [0.05, 0.1) is 34.0 Å². The van der Waals surface area contributed by atoms with Crippen LogP contribution in [0.2, 0.25) is 0 Å². The summed E-state index contributed by atoms with van der Waals surface area (Å²) < 4.78 is 26.3. The fourth-order valence-electron chi connectivity index (χ4n) is 2.58. The van der Waals surface area contributed by atoms with Gasteiger partial charge in [0.25, 0.3) is 0 Å². The molecule has 7 nitrogen and oxygen atoms in total. The summed E-state index contributed by atoms with van der Waals surface area (Å²) in [6.45, 7) is 1.73. The SMILES string of the molecule is COC(=O)c1ccc(O[C@@H](C)[C@H](O)c2ccc(OC)c(OC)c2)c(OC)c1. The summed E-state index contributed by atoms with van der Waals surface area (Å²) >= 11 is 0. The third-order valence-electron chi connectivity index (χ3n) is 4.09. The van der Waals surface area contributed by atoms with Crippen molar-refractivity contribution in [1.29, 1.82) is 0 Å². The number of hydrogen-bond donors (Lipinski definition) is 1. The van der Waals surface area contributed by atoms with Gasteiger partial charge in [-0.2, -0.15) is 0 Å². The fraction of sp³-hybridized carbons (Fsp3) is 0.350. The zero-order valence-electron chi connectivity index (χ0n) is 16.0. The zero-order valence-corrected chi connectivity index (χ0v) is 16.0. The molecular weight excluding hydrogens is 352 g/mol. The molecule has 0 unspecified atom stereocenters. The third kappa shape index (κ3) is 4.62. The van der Waals surface area contributed by atoms with Crippen molar-refractivity contribution in [1.82, 2.24) is 0 Å². The Kier molecular flexibility index (Phi) is 6.90. The maximum Gasteiger partial charge on any atom is 0.337 e. The molecule has 7 heteroatoms. The van der Waals surface area contributed by atoms with Crippen molar-refractivity contribution >= 4 is 5.97 Å². The van der Waals surface area contributed by atoms with Crippen molar-refractivity contribution in [2.24, 2.45) is 0 Å². The van der Waals surface area contributed by atoms with Crippen LogP contribution in [0.3, 0.4) is 0 Å². The number of methoxy groups -OCH3 is 4. The van der Waals surface area contributed by atoms with Crippen LogP contribution in [0.5, 0.6) is 23.0 Å². The highest BCUT2D eigenvalue weighted by atomic mass is 16.5. The number of carbonyl (C=O) groups is 1. The maximum absolute atomic E-state index is 11.6. The minimum Gasteiger partial charge on any atom is -0.493 e. The molecule has 0 aliphatic carbocycles. The monoisotopic (exact) mass is 376 g/mol. The number of aliphatic hydroxyl groups is 1. The van der Waals surface area contributed by atoms with Gasteiger partial charge in [-0.15, -0.1) is 0 Å². The van der Waals surface area contributed by atoms with Crippen molar-refractivity contribution in [3.63, 3.8) is 0 Å². The lowest BCUT2D eigenvalue weighted by molar-refractivity contribution is 0.0448. The van der Waals surface area contributed by atoms with Crippen molar-refractivity contribution < 1.29 is 33.6 Å². The minimum atomic E-state index is -0.921. The molecule has 0 fully saturated rings. The Hall–Kier alpha value is -2.93. The van der Waals surface area contributed by atoms with Crippen molar-refractivity contribution in [2.45, 2.75) is 19.1 Å². The van der Waals surface area contributed by atoms with Gasteiger partial charge in [-0.05, 0) is 42.8 Å². The van der Waals surface area contributed by atoms with Crippen LogP contribution in [0.25, 0.3) is 0 Å². The summed E-state index contributed by atoms with van der Waals surface area (Å²) in [6, 6.07) is 9.85. The average molecular weight is 376 g/mol. The lowest BCUT2D eigenvalue weighted by Gasteiger charge is -2.23. The third-order valence-corrected chi connectivity index (χ3v) is 4.09. The first kappa shape index (κ1) is 20.4. The Morgan fingerprint density at radius 3 is 2.04 bits per heavy atom. The Morgan fingerprint density at radius 1 is 0.852 bits per heavy atom. The number of aliphatic hydroxyl groups excluding tert-OH is 1. The van der Waals surface area contributed by atoms with Crippen LogP contribution in [-0.4, -0.2) is 45.6 Å². The van der Waals surface area contributed by atoms with Gasteiger partial charge >= 0.3 is 5.97 Å². The van der Waals surface area contributed by atoms with E-state index in [1.165, 1.54) is 27.4 Å². The van der Waals surface area contributed by atoms with E-state index in [1.807, 2.05) is 0 Å². The van der Waals surface area contributed by atoms with E-state index in [4.69, 9.17) is 23.7 Å². The molecule has 2 rings (SSSR count). The molecule has 0 radical (unpaired) electrons. The van der Waals surface area contributed by atoms with Crippen LogP contribution in [0, 0.1) is 0 Å². The van der Waals surface area contributed by atoms with Crippen molar-refractivity contribution in [3.05, 3.63) is 47.5 Å². The van der Waals surface area contributed by atoms with E-state index in [1.54, 1.807) is 44.4 Å². The summed E-state index contributed by atoms with van der Waals surface area (Å²) in [5, 5.41) is 10.6. The van der Waals surface area contributed by atoms with Crippen LogP contribution in [0.15, 0.2) is 36.4 Å². The lowest BCUT2D eigenvalue weighted by atomic mass is 10.0. The highest BCUT2D eigenvalue weighted by Gasteiger charge is 2.22. The van der Waals surface area contributed by atoms with Gasteiger partial charge in [0.1, 0.15) is 12.2 Å². The largest absolute Gasteiger partial charge is 0.493 e. The maximum atomic E-state index is 11.6. The first-order chi connectivity index (χ1) is 12.9. The van der Waals surface area contributed by atoms with Gasteiger partial charge in [0.2, 0.25) is 0 Å². The van der Waals surface area contributed by atoms with E-state index in [0.29, 0.717) is 34.1 Å². The van der Waals surface area contributed by atoms with E-state index in [-0.39, 0.29) is 0 Å². The molecule has 2 atom stereocenters. The smallest absolute Gasteiger partial charge is 0.337 e. The van der Waals surface area contributed by atoms with Gasteiger partial charge in [-0.25, -0.2) is 4.79 Å². The normalized spacial score (nSPS) is 12.7. The minimum absolute atomic E-state index is 0.342. The Bertz CT molecular complexity index is 788. The zero-order chi connectivity index (χ0) is 20.0. The van der Waals surface area contributed by atoms with E-state index in [9.17, 15) is 9.90 Å². The van der Waals surface area contributed by atoms with E-state index in [0.717, 1.165) is 0 Å². The number of benzene rings is 2. The number of rotatable bonds is 8. The number of hydrogen-bond acceptors (Lipinski definition) is 7. The second-order valence-electron chi connectivity index (χ2n) is 5.74. The standard InChI is InChI=1S/C20H24O7/c1-12(19(21)13-6-8-15(23-2)17(10-13)24-3)27-16-9-7-14(20(22)26-5)11-18(16)25-4/h6-12,19,21H,1-5H3/t12-,19-/m0/s1. The van der Waals surface area contributed by atoms with Gasteiger partial charge in [-0.3, -0.25) is 0 Å². The molecule has 0 bridgehead atoms. The molecule has 146 valence electrons. The molecule has 2 aromatic carbocycles. The Balaban J connectivity index is 2.21. The summed E-state index contributed by atoms with van der Waals surface area (Å²) in [7, 11) is 5.85. The topological polar surface area (TPSA) is 83.5 Å². The van der Waals surface area contributed by atoms with Crippen LogP contribution < -0.4 is 18.9 Å². The lowest BCUT2D eigenvalue weighted by Crippen LogP contribution is -2.22. The van der Waals surface area contributed by atoms with E-state index < -0.39 is 18.2 Å². The highest BCUT2D eigenvalue weighted by Crippen LogP contribution is 2.34. The highest BCUT2D eigenvalue weighted by molar-refractivity contribution is 5.90. The first-order valence-corrected chi connectivity index (χ1v) is 8.28. The van der Waals surface area contributed by atoms with Gasteiger partial charge < -0.3 is 28.8 Å². The number of ether oxygens (including phenoxy) is 5. The fourth-order valence-corrected chi connectivity index (χ4v) is 2.58. The van der Waals surface area contributed by atoms with E-state index >= 15 is 0 Å². The molecule has 0 aromatic heterocycles. The number of esters is 1. The van der Waals surface area contributed by atoms with E-state index in [2.05, 4.69) is 0 Å². The molecule has 27 heavy (non-hydrogen) atoms. The molecule has 0 spiro atoms. The Morgan fingerprint density at radius 2 is 1.44 bits per heavy atom. The van der Waals surface area contributed by atoms with Gasteiger partial charge in [0.15, 0.2) is 23.0 Å². The van der Waals surface area contributed by atoms with Crippen LogP contribution in [0.4, 0.5) is 0 Å². The first-order valence-electron chi connectivity index (χ1n) is 8.28. The van der Waals surface area contributed by atoms with Gasteiger partial charge in [-0.1, -0.05) is 6.07 Å². The molecule has 0 saturated heterocycles. The molecule has 1 N–H and O–H groups in total. The molecule has 0 amide bonds. The second kappa shape index (κ2) is 9.14. The van der Waals surface area contributed by atoms with Crippen LogP contribution in [-0.2, 0) is 4.74 Å². The molecule has 0 saturated carbocycles. The quantitative estimate of drug-likeness (QED) is 0.709. The van der Waals surface area contributed by atoms with Crippen molar-refractivity contribution in [3.8, 4) is 23.0 Å². The molecular formula is C20H24O7. The summed E-state index contributed by atoms with van der Waals surface area (Å²) in [5.74, 6) is 1.38. The number of carbonyl (C=O) groups excluding carboxylic acids is 1. The molecule has 0 aliphatic heterocycles. The molecule has 2 aromatic rings. The average Bonchev–Trinajstić information content (AvgIpc) is 2.72. The predicted octanol–water partition coefficient (Wildman–Crippen LogP) is 3.00. The summed E-state index contributed by atoms with van der Waals surface area (Å²) in [5.41, 5.74) is 0.958. The van der Waals surface area contributed by atoms with Crippen LogP contribution in [0.1, 0.15) is 28.9 Å². The summed E-state index contributed by atoms with van der Waals surface area (Å²) in [6.07, 6.45) is -1.52. The van der Waals surface area contributed by atoms with Crippen LogP contribution >= 0.6 is 0 Å². The van der Waals surface area contributed by atoms with Crippen molar-refractivity contribution in [2.75, 3.05) is 28.4 Å². The molecule has 0 aliphatic rings. The summed E-state index contributed by atoms with van der Waals surface area (Å²) in [4.78, 5) is 11.6.